The van der Waals surface area contributed by atoms with E-state index in [1.165, 1.54) is 0 Å². The summed E-state index contributed by atoms with van der Waals surface area (Å²) in [5.74, 6) is 1.52. The van der Waals surface area contributed by atoms with Gasteiger partial charge in [-0.25, -0.2) is 4.98 Å². The van der Waals surface area contributed by atoms with Gasteiger partial charge in [-0.15, -0.1) is 10.2 Å². The fourth-order valence-corrected chi connectivity index (χ4v) is 4.31. The summed E-state index contributed by atoms with van der Waals surface area (Å²) in [4.78, 5) is 18.4. The number of carbonyl (C=O) groups excluding carboxylic acids is 1. The number of nitrogens with zero attached hydrogens (tertiary/aromatic N) is 4. The van der Waals surface area contributed by atoms with E-state index in [1.807, 2.05) is 19.1 Å². The Kier molecular flexibility index (Phi) is 6.50. The van der Waals surface area contributed by atoms with Crippen LogP contribution in [0, 0.1) is 6.92 Å². The van der Waals surface area contributed by atoms with E-state index in [-0.39, 0.29) is 17.7 Å². The van der Waals surface area contributed by atoms with Crippen LogP contribution in [0.5, 0.6) is 11.5 Å². The van der Waals surface area contributed by atoms with E-state index in [0.717, 1.165) is 50.2 Å². The third kappa shape index (κ3) is 4.87. The quantitative estimate of drug-likeness (QED) is 0.615. The SMILES string of the molecule is CNC(=O)CCCN1CCC[C@@H](Nc2nnc(-c3ccc4c(c3O)CCO4)c(C)n2)C1. The molecule has 2 aromatic rings. The molecule has 9 nitrogen and oxygen atoms in total. The fraction of sp³-hybridized carbons (Fsp3) is 0.545. The summed E-state index contributed by atoms with van der Waals surface area (Å²) in [6.07, 6.45) is 4.23. The molecule has 1 fully saturated rings. The molecule has 9 heteroatoms. The summed E-state index contributed by atoms with van der Waals surface area (Å²) in [6, 6.07) is 3.92. The number of phenolic OH excluding ortho intramolecular Hbond substituents is 1. The third-order valence-corrected chi connectivity index (χ3v) is 5.96. The van der Waals surface area contributed by atoms with Crippen molar-refractivity contribution in [1.29, 1.82) is 0 Å². The number of aromatic hydroxyl groups is 1. The first-order valence-corrected chi connectivity index (χ1v) is 10.9. The van der Waals surface area contributed by atoms with Crippen molar-refractivity contribution >= 4 is 11.9 Å². The average molecular weight is 427 g/mol. The van der Waals surface area contributed by atoms with Crippen molar-refractivity contribution in [2.24, 2.45) is 0 Å². The zero-order valence-electron chi connectivity index (χ0n) is 18.1. The maximum absolute atomic E-state index is 11.4. The number of fused-ring (bicyclic) bond motifs is 1. The lowest BCUT2D eigenvalue weighted by atomic mass is 10.0. The summed E-state index contributed by atoms with van der Waals surface area (Å²) in [5, 5.41) is 25.4. The Morgan fingerprint density at radius 3 is 3.03 bits per heavy atom. The van der Waals surface area contributed by atoms with Crippen LogP contribution in [0.3, 0.4) is 0 Å². The van der Waals surface area contributed by atoms with Crippen LogP contribution >= 0.6 is 0 Å². The molecule has 31 heavy (non-hydrogen) atoms. The first-order chi connectivity index (χ1) is 15.0. The predicted octanol–water partition coefficient (Wildman–Crippen LogP) is 1.89. The van der Waals surface area contributed by atoms with Crippen molar-refractivity contribution in [3.05, 3.63) is 23.4 Å². The van der Waals surface area contributed by atoms with Crippen LogP contribution in [0.2, 0.25) is 0 Å². The number of hydrogen-bond acceptors (Lipinski definition) is 8. The second kappa shape index (κ2) is 9.47. The predicted molar refractivity (Wildman–Crippen MR) is 117 cm³/mol. The number of amides is 1. The van der Waals surface area contributed by atoms with Crippen LogP contribution in [-0.2, 0) is 11.2 Å². The Morgan fingerprint density at radius 2 is 2.23 bits per heavy atom. The van der Waals surface area contributed by atoms with Gasteiger partial charge >= 0.3 is 0 Å². The Hall–Kier alpha value is -2.94. The van der Waals surface area contributed by atoms with Crippen LogP contribution in [0.4, 0.5) is 5.95 Å². The summed E-state index contributed by atoms with van der Waals surface area (Å²) in [5.41, 5.74) is 2.75. The molecule has 1 aromatic heterocycles. The van der Waals surface area contributed by atoms with E-state index >= 15 is 0 Å². The highest BCUT2D eigenvalue weighted by Crippen LogP contribution is 2.40. The molecule has 0 saturated carbocycles. The van der Waals surface area contributed by atoms with E-state index in [9.17, 15) is 9.90 Å². The van der Waals surface area contributed by atoms with Crippen LogP contribution < -0.4 is 15.4 Å². The largest absolute Gasteiger partial charge is 0.507 e. The van der Waals surface area contributed by atoms with Crippen molar-refractivity contribution in [1.82, 2.24) is 25.4 Å². The van der Waals surface area contributed by atoms with Gasteiger partial charge in [0.05, 0.1) is 12.3 Å². The zero-order chi connectivity index (χ0) is 21.8. The third-order valence-electron chi connectivity index (χ3n) is 5.96. The molecule has 1 saturated heterocycles. The van der Waals surface area contributed by atoms with Crippen LogP contribution in [0.1, 0.15) is 36.9 Å². The van der Waals surface area contributed by atoms with E-state index in [0.29, 0.717) is 42.3 Å². The molecular formula is C22H30N6O3. The smallest absolute Gasteiger partial charge is 0.243 e. The molecule has 166 valence electrons. The lowest BCUT2D eigenvalue weighted by molar-refractivity contribution is -0.120. The molecule has 1 amide bonds. The van der Waals surface area contributed by atoms with Gasteiger partial charge in [0.2, 0.25) is 11.9 Å². The van der Waals surface area contributed by atoms with Gasteiger partial charge in [-0.3, -0.25) is 4.79 Å². The Morgan fingerprint density at radius 1 is 1.35 bits per heavy atom. The highest BCUT2D eigenvalue weighted by Gasteiger charge is 2.23. The second-order valence-corrected chi connectivity index (χ2v) is 8.17. The number of carbonyl (C=O) groups is 1. The number of phenols is 1. The Bertz CT molecular complexity index is 951. The molecule has 0 bridgehead atoms. The molecule has 2 aliphatic heterocycles. The van der Waals surface area contributed by atoms with Gasteiger partial charge < -0.3 is 25.4 Å². The number of piperidine rings is 1. The maximum atomic E-state index is 11.4. The molecule has 3 N–H and O–H groups in total. The van der Waals surface area contributed by atoms with E-state index in [2.05, 4.69) is 30.7 Å². The van der Waals surface area contributed by atoms with Gasteiger partial charge in [0.25, 0.3) is 0 Å². The lowest BCUT2D eigenvalue weighted by Crippen LogP contribution is -2.43. The van der Waals surface area contributed by atoms with E-state index < -0.39 is 0 Å². The number of ether oxygens (including phenoxy) is 1. The molecule has 4 rings (SSSR count). The second-order valence-electron chi connectivity index (χ2n) is 8.17. The van der Waals surface area contributed by atoms with Crippen molar-refractivity contribution in [2.45, 2.75) is 45.1 Å². The molecule has 1 atom stereocenters. The van der Waals surface area contributed by atoms with Crippen molar-refractivity contribution < 1.29 is 14.6 Å². The van der Waals surface area contributed by atoms with Gasteiger partial charge in [-0.2, -0.15) is 0 Å². The van der Waals surface area contributed by atoms with Gasteiger partial charge in [0.1, 0.15) is 17.2 Å². The number of anilines is 1. The normalized spacial score (nSPS) is 18.3. The number of benzene rings is 1. The molecule has 3 heterocycles. The minimum absolute atomic E-state index is 0.0867. The Balaban J connectivity index is 1.39. The van der Waals surface area contributed by atoms with E-state index in [4.69, 9.17) is 4.74 Å². The fourth-order valence-electron chi connectivity index (χ4n) is 4.31. The van der Waals surface area contributed by atoms with Crippen LogP contribution in [-0.4, -0.2) is 70.4 Å². The first-order valence-electron chi connectivity index (χ1n) is 10.9. The summed E-state index contributed by atoms with van der Waals surface area (Å²) in [7, 11) is 1.67. The molecule has 2 aliphatic rings. The highest BCUT2D eigenvalue weighted by molar-refractivity contribution is 5.75. The van der Waals surface area contributed by atoms with Gasteiger partial charge in [-0.1, -0.05) is 0 Å². The molecular weight excluding hydrogens is 396 g/mol. The molecule has 0 unspecified atom stereocenters. The molecule has 1 aromatic carbocycles. The Labute approximate surface area is 182 Å². The van der Waals surface area contributed by atoms with Gasteiger partial charge in [-0.05, 0) is 51.4 Å². The minimum atomic E-state index is 0.0867. The van der Waals surface area contributed by atoms with Crippen molar-refractivity contribution in [3.63, 3.8) is 0 Å². The molecule has 0 spiro atoms. The van der Waals surface area contributed by atoms with Gasteiger partial charge in [0, 0.05) is 43.6 Å². The monoisotopic (exact) mass is 426 g/mol. The molecule has 0 aliphatic carbocycles. The zero-order valence-corrected chi connectivity index (χ0v) is 18.1. The minimum Gasteiger partial charge on any atom is -0.507 e. The number of aromatic nitrogens is 3. The van der Waals surface area contributed by atoms with Gasteiger partial charge in [0.15, 0.2) is 0 Å². The average Bonchev–Trinajstić information content (AvgIpc) is 3.25. The first kappa shape index (κ1) is 21.3. The lowest BCUT2D eigenvalue weighted by Gasteiger charge is -2.33. The highest BCUT2D eigenvalue weighted by atomic mass is 16.5. The van der Waals surface area contributed by atoms with Crippen LogP contribution in [0.15, 0.2) is 12.1 Å². The standard InChI is InChI=1S/C22H30N6O3/c1-14-20(17-7-8-18-16(21(17)30)9-12-31-18)26-27-22(24-14)25-15-5-3-10-28(13-15)11-4-6-19(29)23-2/h7-8,15,30H,3-6,9-13H2,1-2H3,(H,23,29)(H,24,25,27)/t15-/m1/s1. The van der Waals surface area contributed by atoms with Crippen molar-refractivity contribution in [3.8, 4) is 22.8 Å². The topological polar surface area (TPSA) is 113 Å². The number of likely N-dealkylation sites (tertiary alicyclic amines) is 1. The number of nitrogens with one attached hydrogen (secondary N) is 2. The number of rotatable bonds is 7. The summed E-state index contributed by atoms with van der Waals surface area (Å²) < 4.78 is 5.51. The molecule has 0 radical (unpaired) electrons. The van der Waals surface area contributed by atoms with Crippen LogP contribution in [0.25, 0.3) is 11.3 Å². The summed E-state index contributed by atoms with van der Waals surface area (Å²) >= 11 is 0. The maximum Gasteiger partial charge on any atom is 0.243 e. The summed E-state index contributed by atoms with van der Waals surface area (Å²) in [6.45, 7) is 5.31. The van der Waals surface area contributed by atoms with Crippen molar-refractivity contribution in [2.75, 3.05) is 38.6 Å². The number of hydrogen-bond donors (Lipinski definition) is 3. The van der Waals surface area contributed by atoms with E-state index in [1.54, 1.807) is 7.05 Å². The number of aryl methyl sites for hydroxylation is 1.